The predicted molar refractivity (Wildman–Crippen MR) is 56.1 cm³/mol. The van der Waals surface area contributed by atoms with Gasteiger partial charge in [-0.25, -0.2) is 4.79 Å². The number of ether oxygens (including phenoxy) is 1. The van der Waals surface area contributed by atoms with Crippen molar-refractivity contribution in [3.8, 4) is 0 Å². The lowest BCUT2D eigenvalue weighted by Gasteiger charge is -2.22. The van der Waals surface area contributed by atoms with E-state index >= 15 is 0 Å². The van der Waals surface area contributed by atoms with Crippen LogP contribution in [-0.2, 0) is 9.57 Å². The third kappa shape index (κ3) is 5.59. The van der Waals surface area contributed by atoms with Gasteiger partial charge < -0.3 is 10.1 Å². The summed E-state index contributed by atoms with van der Waals surface area (Å²) in [5.41, 5.74) is 2.32. The molecule has 5 nitrogen and oxygen atoms in total. The van der Waals surface area contributed by atoms with Crippen LogP contribution in [0, 0.1) is 0 Å². The van der Waals surface area contributed by atoms with E-state index in [1.807, 2.05) is 20.8 Å². The number of hydrogen-bond acceptors (Lipinski definition) is 4. The van der Waals surface area contributed by atoms with Crippen molar-refractivity contribution in [1.29, 1.82) is 0 Å². The fraction of sp³-hybridized carbons (Fsp3) is 0.900. The predicted octanol–water partition coefficient (Wildman–Crippen LogP) is 1.54. The van der Waals surface area contributed by atoms with Gasteiger partial charge in [0.25, 0.3) is 0 Å². The summed E-state index contributed by atoms with van der Waals surface area (Å²) in [5, 5.41) is 2.72. The molecule has 1 amide bonds. The van der Waals surface area contributed by atoms with E-state index in [1.54, 1.807) is 0 Å². The second-order valence-corrected chi connectivity index (χ2v) is 4.66. The van der Waals surface area contributed by atoms with E-state index < -0.39 is 11.7 Å². The average molecular weight is 216 g/mol. The normalized spacial score (nSPS) is 23.0. The second kappa shape index (κ2) is 5.32. The van der Waals surface area contributed by atoms with Gasteiger partial charge in [-0.2, -0.15) is 5.48 Å². The molecule has 0 aliphatic carbocycles. The van der Waals surface area contributed by atoms with Crippen LogP contribution in [0.3, 0.4) is 0 Å². The number of rotatable bonds is 1. The highest BCUT2D eigenvalue weighted by atomic mass is 16.6. The summed E-state index contributed by atoms with van der Waals surface area (Å²) in [6, 6.07) is 0. The highest BCUT2D eigenvalue weighted by Crippen LogP contribution is 2.08. The SMILES string of the molecule is CC(C)(C)OC(=O)NC1CCCCON1. The Morgan fingerprint density at radius 1 is 1.47 bits per heavy atom. The molecule has 1 unspecified atom stereocenters. The van der Waals surface area contributed by atoms with Gasteiger partial charge in [0.05, 0.1) is 6.61 Å². The minimum Gasteiger partial charge on any atom is -0.444 e. The first-order valence-electron chi connectivity index (χ1n) is 5.34. The highest BCUT2D eigenvalue weighted by molar-refractivity contribution is 5.67. The first-order chi connectivity index (χ1) is 6.97. The summed E-state index contributed by atoms with van der Waals surface area (Å²) < 4.78 is 5.14. The topological polar surface area (TPSA) is 59.6 Å². The fourth-order valence-electron chi connectivity index (χ4n) is 1.29. The zero-order chi connectivity index (χ0) is 11.3. The Morgan fingerprint density at radius 3 is 2.87 bits per heavy atom. The van der Waals surface area contributed by atoms with Crippen molar-refractivity contribution in [3.05, 3.63) is 0 Å². The van der Waals surface area contributed by atoms with Crippen molar-refractivity contribution >= 4 is 6.09 Å². The molecule has 0 aromatic carbocycles. The third-order valence-corrected chi connectivity index (χ3v) is 1.91. The summed E-state index contributed by atoms with van der Waals surface area (Å²) in [4.78, 5) is 16.5. The monoisotopic (exact) mass is 216 g/mol. The number of carbonyl (C=O) groups excluding carboxylic acids is 1. The molecule has 1 atom stereocenters. The molecular formula is C10H20N2O3. The van der Waals surface area contributed by atoms with Gasteiger partial charge in [0, 0.05) is 0 Å². The first kappa shape index (κ1) is 12.3. The Bertz CT molecular complexity index is 205. The zero-order valence-corrected chi connectivity index (χ0v) is 9.63. The summed E-state index contributed by atoms with van der Waals surface area (Å²) in [6.45, 7) is 6.20. The molecule has 1 rings (SSSR count). The van der Waals surface area contributed by atoms with Crippen LogP contribution in [0.1, 0.15) is 40.0 Å². The highest BCUT2D eigenvalue weighted by Gasteiger charge is 2.20. The van der Waals surface area contributed by atoms with E-state index in [0.717, 1.165) is 19.3 Å². The van der Waals surface area contributed by atoms with E-state index in [2.05, 4.69) is 10.8 Å². The number of hydrogen-bond donors (Lipinski definition) is 2. The van der Waals surface area contributed by atoms with E-state index in [4.69, 9.17) is 9.57 Å². The summed E-state index contributed by atoms with van der Waals surface area (Å²) in [7, 11) is 0. The summed E-state index contributed by atoms with van der Waals surface area (Å²) in [5.74, 6) is 0. The maximum absolute atomic E-state index is 11.4. The molecule has 1 heterocycles. The molecule has 15 heavy (non-hydrogen) atoms. The molecule has 1 saturated heterocycles. The Hall–Kier alpha value is -0.810. The van der Waals surface area contributed by atoms with E-state index in [-0.39, 0.29) is 6.17 Å². The van der Waals surface area contributed by atoms with Gasteiger partial charge in [0.15, 0.2) is 0 Å². The van der Waals surface area contributed by atoms with Crippen molar-refractivity contribution in [2.45, 2.75) is 51.8 Å². The molecule has 1 aliphatic heterocycles. The molecule has 1 aliphatic rings. The van der Waals surface area contributed by atoms with Crippen LogP contribution in [0.2, 0.25) is 0 Å². The van der Waals surface area contributed by atoms with Crippen molar-refractivity contribution in [2.24, 2.45) is 0 Å². The Balaban J connectivity index is 2.30. The van der Waals surface area contributed by atoms with Gasteiger partial charge in [-0.1, -0.05) is 0 Å². The first-order valence-corrected chi connectivity index (χ1v) is 5.34. The van der Waals surface area contributed by atoms with Gasteiger partial charge in [0.2, 0.25) is 0 Å². The smallest absolute Gasteiger partial charge is 0.408 e. The van der Waals surface area contributed by atoms with Crippen molar-refractivity contribution in [2.75, 3.05) is 6.61 Å². The van der Waals surface area contributed by atoms with Gasteiger partial charge >= 0.3 is 6.09 Å². The molecular weight excluding hydrogens is 196 g/mol. The van der Waals surface area contributed by atoms with Crippen LogP contribution in [-0.4, -0.2) is 24.5 Å². The van der Waals surface area contributed by atoms with E-state index in [9.17, 15) is 4.79 Å². The van der Waals surface area contributed by atoms with Crippen LogP contribution in [0.5, 0.6) is 0 Å². The Morgan fingerprint density at radius 2 is 2.20 bits per heavy atom. The quantitative estimate of drug-likeness (QED) is 0.698. The standard InChI is InChI=1S/C10H20N2O3/c1-10(2,3)15-9(13)11-8-6-4-5-7-14-12-8/h8,12H,4-7H2,1-3H3,(H,11,13). The van der Waals surface area contributed by atoms with Crippen molar-refractivity contribution in [1.82, 2.24) is 10.8 Å². The lowest BCUT2D eigenvalue weighted by Crippen LogP contribution is -2.46. The molecule has 2 N–H and O–H groups in total. The Labute approximate surface area is 90.5 Å². The van der Waals surface area contributed by atoms with Crippen molar-refractivity contribution < 1.29 is 14.4 Å². The van der Waals surface area contributed by atoms with Crippen molar-refractivity contribution in [3.63, 3.8) is 0 Å². The van der Waals surface area contributed by atoms with Crippen LogP contribution < -0.4 is 10.8 Å². The molecule has 0 saturated carbocycles. The van der Waals surface area contributed by atoms with Gasteiger partial charge in [0.1, 0.15) is 11.8 Å². The zero-order valence-electron chi connectivity index (χ0n) is 9.63. The number of amides is 1. The van der Waals surface area contributed by atoms with Gasteiger partial charge in [-0.15, -0.1) is 0 Å². The fourth-order valence-corrected chi connectivity index (χ4v) is 1.29. The third-order valence-electron chi connectivity index (χ3n) is 1.91. The van der Waals surface area contributed by atoms with Gasteiger partial charge in [-0.05, 0) is 40.0 Å². The van der Waals surface area contributed by atoms with E-state index in [1.165, 1.54) is 0 Å². The van der Waals surface area contributed by atoms with Crippen LogP contribution >= 0.6 is 0 Å². The average Bonchev–Trinajstić information content (AvgIpc) is 2.28. The lowest BCUT2D eigenvalue weighted by molar-refractivity contribution is 0.00971. The molecule has 0 bridgehead atoms. The summed E-state index contributed by atoms with van der Waals surface area (Å²) >= 11 is 0. The van der Waals surface area contributed by atoms with Crippen LogP contribution in [0.15, 0.2) is 0 Å². The van der Waals surface area contributed by atoms with Crippen LogP contribution in [0.4, 0.5) is 4.79 Å². The molecule has 0 aromatic heterocycles. The summed E-state index contributed by atoms with van der Waals surface area (Å²) in [6.07, 6.45) is 2.35. The number of carbonyl (C=O) groups is 1. The Kier molecular flexibility index (Phi) is 4.35. The van der Waals surface area contributed by atoms with Gasteiger partial charge in [-0.3, -0.25) is 4.84 Å². The molecule has 0 aromatic rings. The number of nitrogens with one attached hydrogen (secondary N) is 2. The number of alkyl carbamates (subject to hydrolysis) is 1. The molecule has 5 heteroatoms. The molecule has 0 radical (unpaired) electrons. The van der Waals surface area contributed by atoms with Crippen LogP contribution in [0.25, 0.3) is 0 Å². The molecule has 1 fully saturated rings. The van der Waals surface area contributed by atoms with E-state index in [0.29, 0.717) is 6.61 Å². The number of hydroxylamine groups is 1. The molecule has 88 valence electrons. The maximum Gasteiger partial charge on any atom is 0.408 e. The lowest BCUT2D eigenvalue weighted by atomic mass is 10.2. The second-order valence-electron chi connectivity index (χ2n) is 4.66. The molecule has 0 spiro atoms. The largest absolute Gasteiger partial charge is 0.444 e. The minimum absolute atomic E-state index is 0.151. The maximum atomic E-state index is 11.4. The minimum atomic E-state index is -0.463.